The number of likely N-dealkylation sites (tertiary alicyclic amines) is 1. The number of carbonyl (C=O) groups excluding carboxylic acids is 1. The topological polar surface area (TPSA) is 71.1 Å². The number of benzene rings is 2. The number of nitrogens with one attached hydrogen (secondary N) is 1. The summed E-state index contributed by atoms with van der Waals surface area (Å²) in [5.74, 6) is 1.40. The highest BCUT2D eigenvalue weighted by Gasteiger charge is 2.36. The monoisotopic (exact) mass is 508 g/mol. The Labute approximate surface area is 198 Å². The molecule has 6 nitrogen and oxygen atoms in total. The lowest BCUT2D eigenvalue weighted by molar-refractivity contribution is 0.0728. The average molecular weight is 509 g/mol. The molecule has 0 radical (unpaired) electrons. The van der Waals surface area contributed by atoms with E-state index in [1.807, 2.05) is 54.3 Å². The predicted octanol–water partition coefficient (Wildman–Crippen LogP) is 5.91. The molecule has 1 atom stereocenters. The van der Waals surface area contributed by atoms with E-state index in [0.29, 0.717) is 18.7 Å². The number of aromatic amines is 1. The summed E-state index contributed by atoms with van der Waals surface area (Å²) in [5.41, 5.74) is 4.17. The Morgan fingerprint density at radius 3 is 2.78 bits per heavy atom. The first-order valence-corrected chi connectivity index (χ1v) is 11.8. The third-order valence-electron chi connectivity index (χ3n) is 5.58. The Bertz CT molecular complexity index is 1340. The third-order valence-corrected chi connectivity index (χ3v) is 7.13. The quantitative estimate of drug-likeness (QED) is 0.348. The number of methoxy groups -OCH3 is 1. The molecule has 4 aromatic rings. The Morgan fingerprint density at radius 1 is 1.25 bits per heavy atom. The van der Waals surface area contributed by atoms with Gasteiger partial charge in [-0.3, -0.25) is 4.79 Å². The number of ether oxygens (including phenoxy) is 1. The molecule has 0 aliphatic carbocycles. The predicted molar refractivity (Wildman–Crippen MR) is 130 cm³/mol. The van der Waals surface area contributed by atoms with Crippen molar-refractivity contribution in [3.05, 3.63) is 75.6 Å². The molecule has 1 aliphatic heterocycles. The van der Waals surface area contributed by atoms with Crippen molar-refractivity contribution in [1.29, 1.82) is 0 Å². The number of aromatic nitrogens is 3. The minimum atomic E-state index is -0.215. The van der Waals surface area contributed by atoms with Gasteiger partial charge in [0.1, 0.15) is 17.3 Å². The number of nitrogens with zero attached hydrogens (tertiary/aromatic N) is 3. The molecule has 2 aromatic heterocycles. The lowest BCUT2D eigenvalue weighted by atomic mass is 10.1. The van der Waals surface area contributed by atoms with Gasteiger partial charge < -0.3 is 14.6 Å². The highest BCUT2D eigenvalue weighted by Crippen LogP contribution is 2.38. The number of hydrogen-bond donors (Lipinski definition) is 1. The minimum absolute atomic E-state index is 0.103. The normalized spacial score (nSPS) is 16.2. The summed E-state index contributed by atoms with van der Waals surface area (Å²) >= 11 is 5.01. The van der Waals surface area contributed by atoms with Gasteiger partial charge in [-0.15, -0.1) is 11.3 Å². The third kappa shape index (κ3) is 3.73. The van der Waals surface area contributed by atoms with Gasteiger partial charge in [0, 0.05) is 17.1 Å². The molecule has 0 saturated carbocycles. The SMILES string of the molecule is C=C1CC(c2nc3ccc(OC)cc3[nH]2)N(C(=O)c2nc(C)sc2-c2ccc(Br)cc2)C1. The Balaban J connectivity index is 1.52. The lowest BCUT2D eigenvalue weighted by Crippen LogP contribution is -2.31. The van der Waals surface area contributed by atoms with E-state index in [9.17, 15) is 4.79 Å². The van der Waals surface area contributed by atoms with E-state index in [1.165, 1.54) is 11.3 Å². The van der Waals surface area contributed by atoms with Crippen molar-refractivity contribution in [3.8, 4) is 16.2 Å². The van der Waals surface area contributed by atoms with E-state index in [4.69, 9.17) is 9.72 Å². The van der Waals surface area contributed by atoms with Crippen molar-refractivity contribution in [2.75, 3.05) is 13.7 Å². The molecule has 1 amide bonds. The van der Waals surface area contributed by atoms with Crippen molar-refractivity contribution in [3.63, 3.8) is 0 Å². The van der Waals surface area contributed by atoms with Gasteiger partial charge >= 0.3 is 0 Å². The number of thiazole rings is 1. The van der Waals surface area contributed by atoms with Crippen LogP contribution in [-0.2, 0) is 0 Å². The maximum absolute atomic E-state index is 13.7. The fourth-order valence-electron chi connectivity index (χ4n) is 4.06. The van der Waals surface area contributed by atoms with Crippen LogP contribution in [0, 0.1) is 6.92 Å². The molecule has 3 heterocycles. The molecule has 0 spiro atoms. The Morgan fingerprint density at radius 2 is 2.03 bits per heavy atom. The van der Waals surface area contributed by atoms with Crippen molar-refractivity contribution < 1.29 is 9.53 Å². The molecule has 5 rings (SSSR count). The van der Waals surface area contributed by atoms with Crippen LogP contribution in [0.3, 0.4) is 0 Å². The second kappa shape index (κ2) is 8.18. The molecule has 1 saturated heterocycles. The number of fused-ring (bicyclic) bond motifs is 1. The molecule has 1 fully saturated rings. The molecule has 162 valence electrons. The van der Waals surface area contributed by atoms with Crippen LogP contribution in [0.15, 0.2) is 59.1 Å². The summed E-state index contributed by atoms with van der Waals surface area (Å²) in [6, 6.07) is 13.4. The summed E-state index contributed by atoms with van der Waals surface area (Å²) < 4.78 is 6.31. The van der Waals surface area contributed by atoms with Gasteiger partial charge in [-0.1, -0.05) is 40.2 Å². The largest absolute Gasteiger partial charge is 0.497 e. The van der Waals surface area contributed by atoms with Crippen molar-refractivity contribution in [2.45, 2.75) is 19.4 Å². The van der Waals surface area contributed by atoms with Gasteiger partial charge in [0.25, 0.3) is 5.91 Å². The van der Waals surface area contributed by atoms with E-state index in [2.05, 4.69) is 32.5 Å². The average Bonchev–Trinajstić information content (AvgIpc) is 3.49. The molecule has 2 aromatic carbocycles. The Kier molecular flexibility index (Phi) is 5.35. The van der Waals surface area contributed by atoms with Gasteiger partial charge in [0.15, 0.2) is 0 Å². The fraction of sp³-hybridized carbons (Fsp3) is 0.208. The number of hydrogen-bond acceptors (Lipinski definition) is 5. The van der Waals surface area contributed by atoms with Crippen molar-refractivity contribution in [2.24, 2.45) is 0 Å². The number of aryl methyl sites for hydroxylation is 1. The van der Waals surface area contributed by atoms with Crippen LogP contribution in [0.2, 0.25) is 0 Å². The molecule has 32 heavy (non-hydrogen) atoms. The van der Waals surface area contributed by atoms with Crippen molar-refractivity contribution >= 4 is 44.2 Å². The fourth-order valence-corrected chi connectivity index (χ4v) is 5.24. The zero-order valence-electron chi connectivity index (χ0n) is 17.7. The highest BCUT2D eigenvalue weighted by atomic mass is 79.9. The van der Waals surface area contributed by atoms with Crippen molar-refractivity contribution in [1.82, 2.24) is 19.9 Å². The molecule has 1 aliphatic rings. The maximum atomic E-state index is 13.7. The van der Waals surface area contributed by atoms with Crippen LogP contribution >= 0.6 is 27.3 Å². The summed E-state index contributed by atoms with van der Waals surface area (Å²) in [6.07, 6.45) is 0.666. The summed E-state index contributed by atoms with van der Waals surface area (Å²) in [7, 11) is 1.64. The summed E-state index contributed by atoms with van der Waals surface area (Å²) in [5, 5.41) is 0.858. The lowest BCUT2D eigenvalue weighted by Gasteiger charge is -2.22. The van der Waals surface area contributed by atoms with E-state index < -0.39 is 0 Å². The molecule has 8 heteroatoms. The smallest absolute Gasteiger partial charge is 0.274 e. The van der Waals surface area contributed by atoms with Gasteiger partial charge in [0.05, 0.1) is 34.1 Å². The molecule has 0 bridgehead atoms. The van der Waals surface area contributed by atoms with E-state index >= 15 is 0 Å². The molecular weight excluding hydrogens is 488 g/mol. The van der Waals surface area contributed by atoms with Crippen LogP contribution in [0.5, 0.6) is 5.75 Å². The van der Waals surface area contributed by atoms with Crippen LogP contribution in [-0.4, -0.2) is 39.4 Å². The molecular formula is C24H21BrN4O2S. The van der Waals surface area contributed by atoms with Crippen LogP contribution in [0.25, 0.3) is 21.5 Å². The van der Waals surface area contributed by atoms with Crippen LogP contribution < -0.4 is 4.74 Å². The Hall–Kier alpha value is -2.97. The van der Waals surface area contributed by atoms with Crippen LogP contribution in [0.1, 0.15) is 33.8 Å². The molecule has 1 unspecified atom stereocenters. The van der Waals surface area contributed by atoms with Gasteiger partial charge in [-0.25, -0.2) is 9.97 Å². The first-order valence-electron chi connectivity index (χ1n) is 10.2. The number of carbonyl (C=O) groups is 1. The van der Waals surface area contributed by atoms with Gasteiger partial charge in [0.2, 0.25) is 0 Å². The summed E-state index contributed by atoms with van der Waals surface area (Å²) in [6.45, 7) is 6.57. The highest BCUT2D eigenvalue weighted by molar-refractivity contribution is 9.10. The van der Waals surface area contributed by atoms with E-state index in [0.717, 1.165) is 48.1 Å². The number of amides is 1. The maximum Gasteiger partial charge on any atom is 0.274 e. The second-order valence-corrected chi connectivity index (χ2v) is 9.94. The van der Waals surface area contributed by atoms with Crippen LogP contribution in [0.4, 0.5) is 0 Å². The minimum Gasteiger partial charge on any atom is -0.497 e. The second-order valence-electron chi connectivity index (χ2n) is 7.83. The van der Waals surface area contributed by atoms with E-state index in [-0.39, 0.29) is 11.9 Å². The van der Waals surface area contributed by atoms with Gasteiger partial charge in [-0.05, 0) is 43.2 Å². The number of halogens is 1. The first kappa shape index (κ1) is 20.9. The number of H-pyrrole nitrogens is 1. The van der Waals surface area contributed by atoms with E-state index in [1.54, 1.807) is 7.11 Å². The zero-order valence-corrected chi connectivity index (χ0v) is 20.1. The zero-order chi connectivity index (χ0) is 22.4. The molecule has 1 N–H and O–H groups in total. The van der Waals surface area contributed by atoms with Gasteiger partial charge in [-0.2, -0.15) is 0 Å². The standard InChI is InChI=1S/C24H21BrN4O2S/c1-13-10-20(23-27-18-9-8-17(31-3)11-19(18)28-23)29(12-13)24(30)21-22(32-14(2)26-21)15-4-6-16(25)7-5-15/h4-9,11,20H,1,10,12H2,2-3H3,(H,27,28). The summed E-state index contributed by atoms with van der Waals surface area (Å²) in [4.78, 5) is 29.2. The number of imidazole rings is 1. The first-order chi connectivity index (χ1) is 15.4. The number of rotatable bonds is 4.